The molecule has 0 amide bonds. The Morgan fingerprint density at radius 1 is 1.31 bits per heavy atom. The third kappa shape index (κ3) is 2.12. The highest BCUT2D eigenvalue weighted by atomic mass is 35.5. The summed E-state index contributed by atoms with van der Waals surface area (Å²) in [5, 5.41) is 0. The first-order valence-electron chi connectivity index (χ1n) is 3.52. The molecule has 0 saturated carbocycles. The van der Waals surface area contributed by atoms with Crippen molar-refractivity contribution in [1.82, 2.24) is 9.38 Å². The fraction of sp³-hybridized carbons (Fsp3) is 0.125. The second-order valence-corrected chi connectivity index (χ2v) is 2.40. The van der Waals surface area contributed by atoms with Crippen LogP contribution in [0.1, 0.15) is 5.56 Å². The number of pyridine rings is 1. The number of imidazole rings is 1. The van der Waals surface area contributed by atoms with Crippen LogP contribution >= 0.6 is 24.8 Å². The number of fused-ring (bicyclic) bond motifs is 1. The third-order valence-corrected chi connectivity index (χ3v) is 1.72. The van der Waals surface area contributed by atoms with Crippen LogP contribution in [0.3, 0.4) is 0 Å². The molecule has 2 aromatic heterocycles. The van der Waals surface area contributed by atoms with Crippen molar-refractivity contribution in [1.29, 1.82) is 0 Å². The minimum Gasteiger partial charge on any atom is -0.326 e. The van der Waals surface area contributed by atoms with Crippen LogP contribution in [0.2, 0.25) is 0 Å². The summed E-state index contributed by atoms with van der Waals surface area (Å²) in [5.41, 5.74) is 7.56. The number of halogens is 2. The van der Waals surface area contributed by atoms with E-state index in [4.69, 9.17) is 5.73 Å². The quantitative estimate of drug-likeness (QED) is 0.793. The molecule has 0 saturated heterocycles. The molecule has 0 unspecified atom stereocenters. The number of hydrogen-bond donors (Lipinski definition) is 1. The standard InChI is InChI=1S/C8H9N3.2ClH/c9-6-7-2-1-4-11-5-3-10-8(7)11;;/h1-5H,6,9H2;2*1H. The van der Waals surface area contributed by atoms with Gasteiger partial charge in [-0.2, -0.15) is 0 Å². The highest BCUT2D eigenvalue weighted by Gasteiger charge is 1.97. The topological polar surface area (TPSA) is 43.3 Å². The Kier molecular flexibility index (Phi) is 4.77. The minimum absolute atomic E-state index is 0. The number of nitrogens with two attached hydrogens (primary N) is 1. The summed E-state index contributed by atoms with van der Waals surface area (Å²) in [7, 11) is 0. The second kappa shape index (κ2) is 5.07. The van der Waals surface area contributed by atoms with Gasteiger partial charge in [0.15, 0.2) is 0 Å². The van der Waals surface area contributed by atoms with Gasteiger partial charge in [-0.05, 0) is 6.07 Å². The van der Waals surface area contributed by atoms with E-state index >= 15 is 0 Å². The minimum atomic E-state index is 0. The molecular formula is C8H11Cl2N3. The van der Waals surface area contributed by atoms with Crippen LogP contribution < -0.4 is 5.73 Å². The van der Waals surface area contributed by atoms with Gasteiger partial charge >= 0.3 is 0 Å². The maximum absolute atomic E-state index is 5.52. The van der Waals surface area contributed by atoms with Gasteiger partial charge in [0.1, 0.15) is 5.65 Å². The summed E-state index contributed by atoms with van der Waals surface area (Å²) in [4.78, 5) is 4.17. The highest BCUT2D eigenvalue weighted by molar-refractivity contribution is 5.85. The lowest BCUT2D eigenvalue weighted by Crippen LogP contribution is -1.99. The molecule has 5 heteroatoms. The Hall–Kier alpha value is -0.770. The second-order valence-electron chi connectivity index (χ2n) is 2.40. The van der Waals surface area contributed by atoms with Crippen LogP contribution in [0.15, 0.2) is 30.7 Å². The first-order chi connectivity index (χ1) is 5.42. The van der Waals surface area contributed by atoms with Crippen LogP contribution in [0.5, 0.6) is 0 Å². The number of nitrogens with zero attached hydrogens (tertiary/aromatic N) is 2. The van der Waals surface area contributed by atoms with Gasteiger partial charge in [0.05, 0.1) is 0 Å². The lowest BCUT2D eigenvalue weighted by atomic mass is 10.3. The molecule has 2 N–H and O–H groups in total. The van der Waals surface area contributed by atoms with Gasteiger partial charge in [-0.15, -0.1) is 24.8 Å². The Morgan fingerprint density at radius 2 is 2.08 bits per heavy atom. The molecule has 0 radical (unpaired) electrons. The molecule has 0 aliphatic carbocycles. The van der Waals surface area contributed by atoms with Crippen molar-refractivity contribution < 1.29 is 0 Å². The molecule has 13 heavy (non-hydrogen) atoms. The van der Waals surface area contributed by atoms with Gasteiger partial charge in [0.25, 0.3) is 0 Å². The van der Waals surface area contributed by atoms with Gasteiger partial charge in [0, 0.05) is 30.7 Å². The van der Waals surface area contributed by atoms with Crippen LogP contribution in [-0.4, -0.2) is 9.38 Å². The van der Waals surface area contributed by atoms with Crippen LogP contribution in [-0.2, 0) is 6.54 Å². The van der Waals surface area contributed by atoms with Crippen molar-refractivity contribution >= 4 is 30.5 Å². The van der Waals surface area contributed by atoms with Gasteiger partial charge in [-0.1, -0.05) is 6.07 Å². The van der Waals surface area contributed by atoms with Crippen molar-refractivity contribution in [2.24, 2.45) is 5.73 Å². The molecule has 0 aliphatic heterocycles. The molecule has 0 bridgehead atoms. The largest absolute Gasteiger partial charge is 0.326 e. The predicted octanol–water partition coefficient (Wildman–Crippen LogP) is 1.64. The maximum atomic E-state index is 5.52. The Labute approximate surface area is 88.8 Å². The van der Waals surface area contributed by atoms with E-state index in [1.165, 1.54) is 0 Å². The van der Waals surface area contributed by atoms with Crippen LogP contribution in [0, 0.1) is 0 Å². The molecule has 2 rings (SSSR count). The number of rotatable bonds is 1. The molecule has 0 spiro atoms. The first kappa shape index (κ1) is 12.2. The van der Waals surface area contributed by atoms with Crippen LogP contribution in [0.4, 0.5) is 0 Å². The van der Waals surface area contributed by atoms with E-state index in [2.05, 4.69) is 4.98 Å². The Balaban J connectivity index is 0.000000720. The van der Waals surface area contributed by atoms with Crippen molar-refractivity contribution in [2.45, 2.75) is 6.54 Å². The smallest absolute Gasteiger partial charge is 0.141 e. The average molecular weight is 220 g/mol. The monoisotopic (exact) mass is 219 g/mol. The van der Waals surface area contributed by atoms with Crippen molar-refractivity contribution in [2.75, 3.05) is 0 Å². The molecule has 3 nitrogen and oxygen atoms in total. The zero-order chi connectivity index (χ0) is 7.68. The maximum Gasteiger partial charge on any atom is 0.141 e. The Bertz CT molecular complexity index is 372. The zero-order valence-corrected chi connectivity index (χ0v) is 8.52. The molecule has 0 atom stereocenters. The summed E-state index contributed by atoms with van der Waals surface area (Å²) in [5.74, 6) is 0. The van der Waals surface area contributed by atoms with E-state index in [-0.39, 0.29) is 24.8 Å². The fourth-order valence-electron chi connectivity index (χ4n) is 1.17. The lowest BCUT2D eigenvalue weighted by molar-refractivity contribution is 1.04. The van der Waals surface area contributed by atoms with E-state index in [1.54, 1.807) is 6.20 Å². The van der Waals surface area contributed by atoms with E-state index < -0.39 is 0 Å². The van der Waals surface area contributed by atoms with E-state index in [1.807, 2.05) is 28.9 Å². The lowest BCUT2D eigenvalue weighted by Gasteiger charge is -1.97. The van der Waals surface area contributed by atoms with Crippen molar-refractivity contribution in [3.05, 3.63) is 36.3 Å². The number of hydrogen-bond acceptors (Lipinski definition) is 2. The van der Waals surface area contributed by atoms with Gasteiger partial charge < -0.3 is 10.1 Å². The van der Waals surface area contributed by atoms with Gasteiger partial charge in [0.2, 0.25) is 0 Å². The molecule has 0 aliphatic rings. The van der Waals surface area contributed by atoms with Crippen molar-refractivity contribution in [3.8, 4) is 0 Å². The first-order valence-corrected chi connectivity index (χ1v) is 3.52. The fourth-order valence-corrected chi connectivity index (χ4v) is 1.17. The predicted molar refractivity (Wildman–Crippen MR) is 57.6 cm³/mol. The van der Waals surface area contributed by atoms with Crippen LogP contribution in [0.25, 0.3) is 5.65 Å². The van der Waals surface area contributed by atoms with Gasteiger partial charge in [-0.25, -0.2) is 4.98 Å². The zero-order valence-electron chi connectivity index (χ0n) is 6.88. The highest BCUT2D eigenvalue weighted by Crippen LogP contribution is 2.06. The molecule has 2 heterocycles. The SMILES string of the molecule is Cl.Cl.NCc1cccn2ccnc12. The van der Waals surface area contributed by atoms with Gasteiger partial charge in [-0.3, -0.25) is 0 Å². The normalized spacial score (nSPS) is 9.00. The third-order valence-electron chi connectivity index (χ3n) is 1.72. The molecule has 0 aromatic carbocycles. The van der Waals surface area contributed by atoms with E-state index in [9.17, 15) is 0 Å². The summed E-state index contributed by atoms with van der Waals surface area (Å²) < 4.78 is 1.96. The molecule has 72 valence electrons. The summed E-state index contributed by atoms with van der Waals surface area (Å²) in [6.07, 6.45) is 5.64. The summed E-state index contributed by atoms with van der Waals surface area (Å²) >= 11 is 0. The number of aromatic nitrogens is 2. The van der Waals surface area contributed by atoms with E-state index in [0.29, 0.717) is 6.54 Å². The average Bonchev–Trinajstić information content (AvgIpc) is 2.50. The molecular weight excluding hydrogens is 209 g/mol. The molecule has 2 aromatic rings. The van der Waals surface area contributed by atoms with Crippen molar-refractivity contribution in [3.63, 3.8) is 0 Å². The molecule has 0 fully saturated rings. The van der Waals surface area contributed by atoms with E-state index in [0.717, 1.165) is 11.2 Å². The summed E-state index contributed by atoms with van der Waals surface area (Å²) in [6.45, 7) is 0.543. The summed E-state index contributed by atoms with van der Waals surface area (Å²) in [6, 6.07) is 3.96. The Morgan fingerprint density at radius 3 is 2.77 bits per heavy atom.